The van der Waals surface area contributed by atoms with Crippen LogP contribution in [-0.2, 0) is 0 Å². The van der Waals surface area contributed by atoms with Crippen molar-refractivity contribution in [2.24, 2.45) is 0 Å². The summed E-state index contributed by atoms with van der Waals surface area (Å²) in [5.41, 5.74) is 0.928. The molecule has 1 unspecified atom stereocenters. The number of carboxylic acids is 1. The summed E-state index contributed by atoms with van der Waals surface area (Å²) in [6, 6.07) is 4.97. The van der Waals surface area contributed by atoms with Crippen LogP contribution in [0, 0.1) is 0 Å². The number of benzene rings is 1. The third-order valence-corrected chi connectivity index (χ3v) is 3.81. The molecule has 2 aromatic rings. The Labute approximate surface area is 114 Å². The highest BCUT2D eigenvalue weighted by Gasteiger charge is 2.17. The standard InChI is InChI=1S/C13H16N2O3S/c1-8(6-7-19-2)15-10-5-3-4-9(12(16)17)11(10)14-13(15)18/h3-5,8H,6-7H2,1-2H3,(H,14,18)(H,16,17). The Bertz CT molecular complexity index is 659. The number of nitrogens with one attached hydrogen (secondary N) is 1. The molecule has 102 valence electrons. The molecule has 0 radical (unpaired) electrons. The van der Waals surface area contributed by atoms with E-state index < -0.39 is 5.97 Å². The van der Waals surface area contributed by atoms with E-state index in [2.05, 4.69) is 4.98 Å². The second-order valence-electron chi connectivity index (χ2n) is 4.44. The lowest BCUT2D eigenvalue weighted by atomic mass is 10.1. The summed E-state index contributed by atoms with van der Waals surface area (Å²) in [6.07, 6.45) is 2.89. The highest BCUT2D eigenvalue weighted by atomic mass is 32.2. The molecule has 0 aliphatic rings. The molecule has 0 fully saturated rings. The van der Waals surface area contributed by atoms with Gasteiger partial charge in [-0.1, -0.05) is 6.07 Å². The normalized spacial score (nSPS) is 12.7. The Morgan fingerprint density at radius 3 is 2.89 bits per heavy atom. The first-order chi connectivity index (χ1) is 9.06. The first kappa shape index (κ1) is 13.7. The number of imidazole rings is 1. The van der Waals surface area contributed by atoms with Crippen molar-refractivity contribution in [3.05, 3.63) is 34.2 Å². The number of aromatic amines is 1. The van der Waals surface area contributed by atoms with Crippen molar-refractivity contribution in [3.63, 3.8) is 0 Å². The minimum atomic E-state index is -1.03. The van der Waals surface area contributed by atoms with Gasteiger partial charge in [0.25, 0.3) is 0 Å². The largest absolute Gasteiger partial charge is 0.478 e. The van der Waals surface area contributed by atoms with E-state index in [1.54, 1.807) is 28.5 Å². The molecular weight excluding hydrogens is 264 g/mol. The van der Waals surface area contributed by atoms with Gasteiger partial charge in [0, 0.05) is 6.04 Å². The minimum absolute atomic E-state index is 0.0396. The number of para-hydroxylation sites is 1. The lowest BCUT2D eigenvalue weighted by Gasteiger charge is -2.12. The number of fused-ring (bicyclic) bond motifs is 1. The quantitative estimate of drug-likeness (QED) is 0.881. The van der Waals surface area contributed by atoms with Crippen LogP contribution in [0.4, 0.5) is 0 Å². The highest BCUT2D eigenvalue weighted by molar-refractivity contribution is 7.98. The SMILES string of the molecule is CSCCC(C)n1c(=O)[nH]c2c(C(=O)O)cccc21. The Morgan fingerprint density at radius 1 is 1.53 bits per heavy atom. The van der Waals surface area contributed by atoms with E-state index in [-0.39, 0.29) is 17.3 Å². The van der Waals surface area contributed by atoms with E-state index in [0.717, 1.165) is 12.2 Å². The molecule has 0 aliphatic carbocycles. The molecule has 19 heavy (non-hydrogen) atoms. The van der Waals surface area contributed by atoms with Crippen molar-refractivity contribution in [1.29, 1.82) is 0 Å². The number of carboxylic acid groups (broad SMARTS) is 1. The van der Waals surface area contributed by atoms with Gasteiger partial charge in [0.1, 0.15) is 0 Å². The molecular formula is C13H16N2O3S. The van der Waals surface area contributed by atoms with Crippen LogP contribution in [0.5, 0.6) is 0 Å². The lowest BCUT2D eigenvalue weighted by molar-refractivity contribution is 0.0699. The molecule has 0 saturated heterocycles. The maximum absolute atomic E-state index is 12.0. The van der Waals surface area contributed by atoms with Crippen molar-refractivity contribution < 1.29 is 9.90 Å². The second kappa shape index (κ2) is 5.52. The number of aromatic carboxylic acids is 1. The second-order valence-corrected chi connectivity index (χ2v) is 5.42. The van der Waals surface area contributed by atoms with Crippen LogP contribution in [0.25, 0.3) is 11.0 Å². The molecule has 1 aromatic carbocycles. The van der Waals surface area contributed by atoms with Gasteiger partial charge < -0.3 is 10.1 Å². The zero-order valence-electron chi connectivity index (χ0n) is 10.8. The van der Waals surface area contributed by atoms with Crippen molar-refractivity contribution in [3.8, 4) is 0 Å². The van der Waals surface area contributed by atoms with Crippen LogP contribution in [0.15, 0.2) is 23.0 Å². The predicted molar refractivity (Wildman–Crippen MR) is 77.2 cm³/mol. The van der Waals surface area contributed by atoms with E-state index in [1.165, 1.54) is 6.07 Å². The summed E-state index contributed by atoms with van der Waals surface area (Å²) in [6.45, 7) is 1.97. The van der Waals surface area contributed by atoms with Crippen LogP contribution < -0.4 is 5.69 Å². The van der Waals surface area contributed by atoms with Gasteiger partial charge in [0.2, 0.25) is 0 Å². The average Bonchev–Trinajstić information content (AvgIpc) is 2.71. The number of aromatic nitrogens is 2. The van der Waals surface area contributed by atoms with Gasteiger partial charge in [-0.3, -0.25) is 4.57 Å². The highest BCUT2D eigenvalue weighted by Crippen LogP contribution is 2.21. The molecule has 6 heteroatoms. The first-order valence-electron chi connectivity index (χ1n) is 6.01. The van der Waals surface area contributed by atoms with Crippen LogP contribution >= 0.6 is 11.8 Å². The molecule has 1 heterocycles. The summed E-state index contributed by atoms with van der Waals surface area (Å²) in [7, 11) is 0. The average molecular weight is 280 g/mol. The number of hydrogen-bond donors (Lipinski definition) is 2. The molecule has 0 spiro atoms. The molecule has 5 nitrogen and oxygen atoms in total. The van der Waals surface area contributed by atoms with Crippen LogP contribution in [-0.4, -0.2) is 32.6 Å². The van der Waals surface area contributed by atoms with Gasteiger partial charge in [0.15, 0.2) is 0 Å². The molecule has 2 N–H and O–H groups in total. The smallest absolute Gasteiger partial charge is 0.337 e. The van der Waals surface area contributed by atoms with Crippen molar-refractivity contribution >= 4 is 28.8 Å². The summed E-state index contributed by atoms with van der Waals surface area (Å²) in [4.78, 5) is 25.8. The lowest BCUT2D eigenvalue weighted by Crippen LogP contribution is -2.20. The monoisotopic (exact) mass is 280 g/mol. The molecule has 0 bridgehead atoms. The van der Waals surface area contributed by atoms with E-state index in [4.69, 9.17) is 5.11 Å². The Morgan fingerprint density at radius 2 is 2.26 bits per heavy atom. The number of carbonyl (C=O) groups is 1. The fraction of sp³-hybridized carbons (Fsp3) is 0.385. The summed E-state index contributed by atoms with van der Waals surface area (Å²) in [5.74, 6) is -0.0745. The number of H-pyrrole nitrogens is 1. The number of thioether (sulfide) groups is 1. The van der Waals surface area contributed by atoms with E-state index in [9.17, 15) is 9.59 Å². The van der Waals surface area contributed by atoms with E-state index in [1.807, 2.05) is 13.2 Å². The van der Waals surface area contributed by atoms with Gasteiger partial charge in [-0.2, -0.15) is 11.8 Å². The van der Waals surface area contributed by atoms with Crippen molar-refractivity contribution in [2.75, 3.05) is 12.0 Å². The molecule has 2 rings (SSSR count). The Hall–Kier alpha value is -1.69. The molecule has 0 amide bonds. The van der Waals surface area contributed by atoms with Crippen molar-refractivity contribution in [1.82, 2.24) is 9.55 Å². The number of hydrogen-bond acceptors (Lipinski definition) is 3. The van der Waals surface area contributed by atoms with Gasteiger partial charge in [0.05, 0.1) is 16.6 Å². The third kappa shape index (κ3) is 2.53. The third-order valence-electron chi connectivity index (χ3n) is 3.16. The van der Waals surface area contributed by atoms with E-state index in [0.29, 0.717) is 11.0 Å². The van der Waals surface area contributed by atoms with Gasteiger partial charge in [-0.15, -0.1) is 0 Å². The molecule has 1 atom stereocenters. The van der Waals surface area contributed by atoms with Gasteiger partial charge >= 0.3 is 11.7 Å². The zero-order chi connectivity index (χ0) is 14.0. The maximum Gasteiger partial charge on any atom is 0.337 e. The minimum Gasteiger partial charge on any atom is -0.478 e. The zero-order valence-corrected chi connectivity index (χ0v) is 11.7. The Balaban J connectivity index is 2.57. The molecule has 1 aromatic heterocycles. The number of rotatable bonds is 5. The predicted octanol–water partition coefficient (Wildman–Crippen LogP) is 2.34. The summed E-state index contributed by atoms with van der Waals surface area (Å²) in [5, 5.41) is 9.13. The fourth-order valence-corrected chi connectivity index (χ4v) is 2.76. The van der Waals surface area contributed by atoms with Gasteiger partial charge in [-0.25, -0.2) is 9.59 Å². The summed E-state index contributed by atoms with van der Waals surface area (Å²) < 4.78 is 1.64. The molecule has 0 saturated carbocycles. The van der Waals surface area contributed by atoms with Gasteiger partial charge in [-0.05, 0) is 37.5 Å². The van der Waals surface area contributed by atoms with Crippen molar-refractivity contribution in [2.45, 2.75) is 19.4 Å². The topological polar surface area (TPSA) is 75.1 Å². The first-order valence-corrected chi connectivity index (χ1v) is 7.41. The molecule has 0 aliphatic heterocycles. The van der Waals surface area contributed by atoms with Crippen LogP contribution in [0.3, 0.4) is 0 Å². The van der Waals surface area contributed by atoms with Crippen LogP contribution in [0.1, 0.15) is 29.7 Å². The Kier molecular flexibility index (Phi) is 3.99. The summed E-state index contributed by atoms with van der Waals surface area (Å²) >= 11 is 1.73. The fourth-order valence-electron chi connectivity index (χ4n) is 2.18. The maximum atomic E-state index is 12.0. The number of nitrogens with zero attached hydrogens (tertiary/aromatic N) is 1. The van der Waals surface area contributed by atoms with E-state index >= 15 is 0 Å². The van der Waals surface area contributed by atoms with Crippen LogP contribution in [0.2, 0.25) is 0 Å².